The number of imidazole rings is 1. The van der Waals surface area contributed by atoms with Crippen LogP contribution in [-0.2, 0) is 17.8 Å². The molecule has 0 fully saturated rings. The van der Waals surface area contributed by atoms with Crippen LogP contribution in [0.15, 0.2) is 22.7 Å². The maximum absolute atomic E-state index is 12.4. The lowest BCUT2D eigenvalue weighted by atomic mass is 10.2. The lowest BCUT2D eigenvalue weighted by Gasteiger charge is -2.17. The molecule has 3 rings (SSSR count). The maximum Gasteiger partial charge on any atom is 0.223 e. The summed E-state index contributed by atoms with van der Waals surface area (Å²) in [5, 5.41) is 0. The molecule has 6 heteroatoms. The van der Waals surface area contributed by atoms with E-state index in [1.54, 1.807) is 16.2 Å². The monoisotopic (exact) mass is 331 g/mol. The van der Waals surface area contributed by atoms with Crippen LogP contribution in [0.4, 0.5) is 0 Å². The summed E-state index contributed by atoms with van der Waals surface area (Å²) in [6, 6.07) is 3.86. The van der Waals surface area contributed by atoms with Crippen molar-refractivity contribution in [3.05, 3.63) is 46.1 Å². The van der Waals surface area contributed by atoms with Gasteiger partial charge in [-0.15, -0.1) is 11.3 Å². The number of carbonyl (C=O) groups is 1. The van der Waals surface area contributed by atoms with Crippen LogP contribution in [0.1, 0.15) is 34.2 Å². The second-order valence-electron chi connectivity index (χ2n) is 5.90. The Morgan fingerprint density at radius 3 is 2.83 bits per heavy atom. The molecule has 0 spiro atoms. The number of furan rings is 1. The van der Waals surface area contributed by atoms with Gasteiger partial charge >= 0.3 is 0 Å². The zero-order valence-corrected chi connectivity index (χ0v) is 14.7. The van der Waals surface area contributed by atoms with Gasteiger partial charge in [-0.1, -0.05) is 0 Å². The molecule has 0 aromatic carbocycles. The van der Waals surface area contributed by atoms with E-state index in [1.807, 2.05) is 33.0 Å². The zero-order valence-electron chi connectivity index (χ0n) is 13.9. The molecule has 3 aromatic rings. The van der Waals surface area contributed by atoms with Gasteiger partial charge in [0.1, 0.15) is 11.5 Å². The molecular weight excluding hydrogens is 310 g/mol. The molecule has 1 amide bonds. The normalized spacial score (nSPS) is 11.3. The van der Waals surface area contributed by atoms with E-state index in [9.17, 15) is 4.79 Å². The van der Waals surface area contributed by atoms with Gasteiger partial charge in [0.25, 0.3) is 0 Å². The quantitative estimate of drug-likeness (QED) is 0.719. The first-order valence-corrected chi connectivity index (χ1v) is 8.49. The third-order valence-electron chi connectivity index (χ3n) is 3.94. The number of nitrogens with zero attached hydrogens (tertiary/aromatic N) is 3. The van der Waals surface area contributed by atoms with E-state index in [0.717, 1.165) is 27.9 Å². The number of fused-ring (bicyclic) bond motifs is 1. The average molecular weight is 331 g/mol. The number of aryl methyl sites for hydroxylation is 4. The van der Waals surface area contributed by atoms with Crippen molar-refractivity contribution in [2.75, 3.05) is 7.05 Å². The van der Waals surface area contributed by atoms with Crippen molar-refractivity contribution in [1.82, 2.24) is 14.3 Å². The van der Waals surface area contributed by atoms with Gasteiger partial charge in [-0.25, -0.2) is 4.98 Å². The highest BCUT2D eigenvalue weighted by molar-refractivity contribution is 7.17. The number of amides is 1. The summed E-state index contributed by atoms with van der Waals surface area (Å²) in [6.45, 7) is 6.54. The van der Waals surface area contributed by atoms with Gasteiger partial charge in [-0.2, -0.15) is 0 Å². The smallest absolute Gasteiger partial charge is 0.223 e. The van der Waals surface area contributed by atoms with Crippen molar-refractivity contribution >= 4 is 22.2 Å². The average Bonchev–Trinajstić information content (AvgIpc) is 3.13. The van der Waals surface area contributed by atoms with Crippen molar-refractivity contribution in [3.8, 4) is 0 Å². The first kappa shape index (κ1) is 15.8. The van der Waals surface area contributed by atoms with Crippen LogP contribution in [0.25, 0.3) is 4.96 Å². The predicted molar refractivity (Wildman–Crippen MR) is 90.8 cm³/mol. The van der Waals surface area contributed by atoms with Crippen molar-refractivity contribution in [2.45, 2.75) is 40.2 Å². The standard InChI is InChI=1S/C17H21N3O2S/c1-11-5-6-14(22-11)7-8-16(21)19(4)10-15-13(3)18-17-20(15)9-12(2)23-17/h5-6,9H,7-8,10H2,1-4H3. The van der Waals surface area contributed by atoms with Crippen LogP contribution in [0.5, 0.6) is 0 Å². The molecule has 0 saturated heterocycles. The summed E-state index contributed by atoms with van der Waals surface area (Å²) in [4.78, 5) is 20.9. The largest absolute Gasteiger partial charge is 0.466 e. The second kappa shape index (κ2) is 6.20. The first-order valence-electron chi connectivity index (χ1n) is 7.67. The lowest BCUT2D eigenvalue weighted by molar-refractivity contribution is -0.130. The van der Waals surface area contributed by atoms with Crippen molar-refractivity contribution in [1.29, 1.82) is 0 Å². The van der Waals surface area contributed by atoms with E-state index in [0.29, 0.717) is 19.4 Å². The summed E-state index contributed by atoms with van der Waals surface area (Å²) in [6.07, 6.45) is 3.17. The minimum absolute atomic E-state index is 0.111. The highest BCUT2D eigenvalue weighted by Gasteiger charge is 2.16. The summed E-state index contributed by atoms with van der Waals surface area (Å²) < 4.78 is 7.61. The van der Waals surface area contributed by atoms with Crippen LogP contribution in [0.2, 0.25) is 0 Å². The fraction of sp³-hybridized carbons (Fsp3) is 0.412. The molecule has 0 atom stereocenters. The van der Waals surface area contributed by atoms with E-state index >= 15 is 0 Å². The zero-order chi connectivity index (χ0) is 16.6. The Balaban J connectivity index is 1.66. The molecule has 5 nitrogen and oxygen atoms in total. The van der Waals surface area contributed by atoms with Crippen LogP contribution in [0, 0.1) is 20.8 Å². The van der Waals surface area contributed by atoms with Gasteiger partial charge in [-0.05, 0) is 32.9 Å². The molecule has 23 heavy (non-hydrogen) atoms. The van der Waals surface area contributed by atoms with E-state index < -0.39 is 0 Å². The molecule has 0 bridgehead atoms. The van der Waals surface area contributed by atoms with Gasteiger partial charge in [0.15, 0.2) is 4.96 Å². The minimum Gasteiger partial charge on any atom is -0.466 e. The summed E-state index contributed by atoms with van der Waals surface area (Å²) in [5.41, 5.74) is 2.06. The molecule has 3 aromatic heterocycles. The Morgan fingerprint density at radius 1 is 1.35 bits per heavy atom. The first-order chi connectivity index (χ1) is 10.9. The Kier molecular flexibility index (Phi) is 4.26. The lowest BCUT2D eigenvalue weighted by Crippen LogP contribution is -2.27. The molecule has 3 heterocycles. The predicted octanol–water partition coefficient (Wildman–Crippen LogP) is 3.51. The van der Waals surface area contributed by atoms with Crippen molar-refractivity contribution in [2.24, 2.45) is 0 Å². The molecule has 0 aliphatic rings. The topological polar surface area (TPSA) is 50.8 Å². The molecular formula is C17H21N3O2S. The molecule has 0 aliphatic heterocycles. The van der Waals surface area contributed by atoms with Gasteiger partial charge in [-0.3, -0.25) is 9.20 Å². The number of rotatable bonds is 5. The van der Waals surface area contributed by atoms with E-state index in [4.69, 9.17) is 4.42 Å². The fourth-order valence-electron chi connectivity index (χ4n) is 2.65. The van der Waals surface area contributed by atoms with Crippen LogP contribution < -0.4 is 0 Å². The minimum atomic E-state index is 0.111. The Hall–Kier alpha value is -2.08. The molecule has 0 N–H and O–H groups in total. The Morgan fingerprint density at radius 2 is 2.13 bits per heavy atom. The number of hydrogen-bond donors (Lipinski definition) is 0. The molecule has 0 aliphatic carbocycles. The van der Waals surface area contributed by atoms with E-state index in [1.165, 1.54) is 4.88 Å². The van der Waals surface area contributed by atoms with Crippen molar-refractivity contribution in [3.63, 3.8) is 0 Å². The molecule has 0 saturated carbocycles. The third-order valence-corrected chi connectivity index (χ3v) is 4.83. The Labute approximate surface area is 139 Å². The maximum atomic E-state index is 12.4. The third kappa shape index (κ3) is 3.32. The van der Waals surface area contributed by atoms with Gasteiger partial charge in [0, 0.05) is 31.0 Å². The summed E-state index contributed by atoms with van der Waals surface area (Å²) in [5.74, 6) is 1.85. The second-order valence-corrected chi connectivity index (χ2v) is 7.11. The van der Waals surface area contributed by atoms with Crippen LogP contribution in [-0.4, -0.2) is 27.2 Å². The summed E-state index contributed by atoms with van der Waals surface area (Å²) >= 11 is 1.67. The molecule has 0 unspecified atom stereocenters. The Bertz CT molecular complexity index is 843. The number of hydrogen-bond acceptors (Lipinski definition) is 4. The highest BCUT2D eigenvalue weighted by Crippen LogP contribution is 2.21. The van der Waals surface area contributed by atoms with Gasteiger partial charge in [0.2, 0.25) is 5.91 Å². The fourth-order valence-corrected chi connectivity index (χ4v) is 3.54. The number of aromatic nitrogens is 2. The van der Waals surface area contributed by atoms with Gasteiger partial charge < -0.3 is 9.32 Å². The molecule has 0 radical (unpaired) electrons. The van der Waals surface area contributed by atoms with E-state index in [-0.39, 0.29) is 5.91 Å². The number of thiazole rings is 1. The van der Waals surface area contributed by atoms with E-state index in [2.05, 4.69) is 22.5 Å². The SMILES string of the molecule is Cc1ccc(CCC(=O)N(C)Cc2c(C)nc3sc(C)cn23)o1. The van der Waals surface area contributed by atoms with Gasteiger partial charge in [0.05, 0.1) is 17.9 Å². The van der Waals surface area contributed by atoms with Crippen molar-refractivity contribution < 1.29 is 9.21 Å². The number of carbonyl (C=O) groups excluding carboxylic acids is 1. The highest BCUT2D eigenvalue weighted by atomic mass is 32.1. The van der Waals surface area contributed by atoms with Crippen LogP contribution >= 0.6 is 11.3 Å². The van der Waals surface area contributed by atoms with Crippen LogP contribution in [0.3, 0.4) is 0 Å². The molecule has 122 valence electrons. The summed E-state index contributed by atoms with van der Waals surface area (Å²) in [7, 11) is 1.84.